The molecule has 9 rings (SSSR count). The van der Waals surface area contributed by atoms with Crippen LogP contribution in [0.3, 0.4) is 0 Å². The summed E-state index contributed by atoms with van der Waals surface area (Å²) in [6, 6.07) is 33.4. The number of aliphatic hydroxyl groups is 1. The summed E-state index contributed by atoms with van der Waals surface area (Å²) in [6.45, 7) is 0.276. The van der Waals surface area contributed by atoms with Gasteiger partial charge in [0, 0.05) is 66.8 Å². The number of alkyl halides is 6. The molecule has 2 aromatic heterocycles. The lowest BCUT2D eigenvalue weighted by molar-refractivity contribution is -0.141. The second-order valence-corrected chi connectivity index (χ2v) is 16.6. The summed E-state index contributed by atoms with van der Waals surface area (Å²) in [7, 11) is 1.60. The number of hydrogen-bond donors (Lipinski definition) is 2. The summed E-state index contributed by atoms with van der Waals surface area (Å²) < 4.78 is 83.4. The Bertz CT molecular complexity index is 2750. The molecule has 0 radical (unpaired) electrons. The van der Waals surface area contributed by atoms with Gasteiger partial charge >= 0.3 is 18.3 Å². The highest BCUT2D eigenvalue weighted by atomic mass is 19.4. The molecular weight excluding hydrogens is 857 g/mol. The van der Waals surface area contributed by atoms with Crippen molar-refractivity contribution in [3.05, 3.63) is 191 Å². The molecule has 2 N–H and O–H groups in total. The minimum Gasteiger partial charge on any atom is -0.465 e. The predicted octanol–water partition coefficient (Wildman–Crippen LogP) is 11.0. The molecule has 0 spiro atoms. The number of esters is 1. The number of carbonyl (C=O) groups is 2. The van der Waals surface area contributed by atoms with E-state index in [9.17, 15) is 41.0 Å². The summed E-state index contributed by atoms with van der Waals surface area (Å²) in [6.07, 6.45) is 3.34. The van der Waals surface area contributed by atoms with Gasteiger partial charge in [0.25, 0.3) is 0 Å². The number of hydrogen-bond acceptors (Lipinski definition) is 6. The van der Waals surface area contributed by atoms with E-state index in [2.05, 4.69) is 33.5 Å². The van der Waals surface area contributed by atoms with Crippen LogP contribution in [0.1, 0.15) is 56.6 Å². The van der Waals surface area contributed by atoms with Crippen LogP contribution in [-0.2, 0) is 39.5 Å². The second kappa shape index (κ2) is 19.3. The zero-order valence-corrected chi connectivity index (χ0v) is 35.6. The molecule has 3 heterocycles. The van der Waals surface area contributed by atoms with E-state index in [0.29, 0.717) is 53.1 Å². The van der Waals surface area contributed by atoms with Crippen LogP contribution in [0.5, 0.6) is 0 Å². The molecule has 1 fully saturated rings. The van der Waals surface area contributed by atoms with Gasteiger partial charge in [-0.25, -0.2) is 0 Å². The molecule has 3 aliphatic rings. The zero-order valence-electron chi connectivity index (χ0n) is 35.6. The van der Waals surface area contributed by atoms with Crippen molar-refractivity contribution in [2.45, 2.75) is 37.0 Å². The highest BCUT2D eigenvalue weighted by Crippen LogP contribution is 2.45. The molecule has 6 aromatic rings. The van der Waals surface area contributed by atoms with Crippen molar-refractivity contribution in [2.24, 2.45) is 23.7 Å². The third kappa shape index (κ3) is 10.0. The van der Waals surface area contributed by atoms with Gasteiger partial charge in [0.2, 0.25) is 5.91 Å². The predicted molar refractivity (Wildman–Crippen MR) is 239 cm³/mol. The smallest absolute Gasteiger partial charge is 0.416 e. The minimum absolute atomic E-state index is 0.0429. The van der Waals surface area contributed by atoms with E-state index < -0.39 is 23.5 Å². The van der Waals surface area contributed by atoms with Gasteiger partial charge in [-0.1, -0.05) is 97.1 Å². The van der Waals surface area contributed by atoms with Crippen molar-refractivity contribution < 1.29 is 45.8 Å². The van der Waals surface area contributed by atoms with E-state index in [1.807, 2.05) is 54.6 Å². The van der Waals surface area contributed by atoms with Gasteiger partial charge in [0.05, 0.1) is 35.0 Å². The van der Waals surface area contributed by atoms with Crippen LogP contribution in [0.4, 0.5) is 26.3 Å². The zero-order chi connectivity index (χ0) is 46.6. The number of pyridine rings is 2. The third-order valence-corrected chi connectivity index (χ3v) is 12.7. The average Bonchev–Trinajstić information content (AvgIpc) is 3.70. The maximum absolute atomic E-state index is 13.0. The molecule has 338 valence electrons. The van der Waals surface area contributed by atoms with E-state index >= 15 is 0 Å². The van der Waals surface area contributed by atoms with Crippen LogP contribution in [0.15, 0.2) is 146 Å². The average molecular weight is 902 g/mol. The molecule has 0 saturated carbocycles. The van der Waals surface area contributed by atoms with Gasteiger partial charge in [0.1, 0.15) is 0 Å². The van der Waals surface area contributed by atoms with Crippen LogP contribution in [-0.4, -0.2) is 47.2 Å². The van der Waals surface area contributed by atoms with Crippen LogP contribution in [0, 0.1) is 23.7 Å². The molecule has 13 heteroatoms. The number of cyclic esters (lactones) is 1. The van der Waals surface area contributed by atoms with Gasteiger partial charge in [-0.15, -0.1) is 0 Å². The summed E-state index contributed by atoms with van der Waals surface area (Å²) >= 11 is 0. The van der Waals surface area contributed by atoms with E-state index in [0.717, 1.165) is 41.0 Å². The number of carbonyl (C=O) groups excluding carboxylic acids is 2. The number of rotatable bonds is 8. The lowest BCUT2D eigenvalue weighted by atomic mass is 9.68. The van der Waals surface area contributed by atoms with Gasteiger partial charge in [-0.2, -0.15) is 26.3 Å². The van der Waals surface area contributed by atoms with Gasteiger partial charge in [-0.05, 0) is 94.8 Å². The molecule has 6 atom stereocenters. The Labute approximate surface area is 377 Å². The Morgan fingerprint density at radius 1 is 0.682 bits per heavy atom. The lowest BCUT2D eigenvalue weighted by Gasteiger charge is -2.36. The largest absolute Gasteiger partial charge is 0.465 e. The summed E-state index contributed by atoms with van der Waals surface area (Å²) in [4.78, 5) is 33.5. The Hall–Kier alpha value is -6.86. The molecule has 1 saturated heterocycles. The summed E-state index contributed by atoms with van der Waals surface area (Å²) in [5.41, 5.74) is 6.55. The molecule has 6 unspecified atom stereocenters. The van der Waals surface area contributed by atoms with Crippen molar-refractivity contribution in [2.75, 3.05) is 20.3 Å². The number of ether oxygens (including phenoxy) is 1. The Kier molecular flexibility index (Phi) is 13.4. The second-order valence-electron chi connectivity index (χ2n) is 16.6. The number of nitrogens with zero attached hydrogens (tertiary/aromatic N) is 2. The highest BCUT2D eigenvalue weighted by molar-refractivity contribution is 5.80. The van der Waals surface area contributed by atoms with Crippen molar-refractivity contribution in [3.8, 4) is 22.3 Å². The lowest BCUT2D eigenvalue weighted by Crippen LogP contribution is -2.41. The van der Waals surface area contributed by atoms with Crippen LogP contribution in [0.2, 0.25) is 0 Å². The highest BCUT2D eigenvalue weighted by Gasteiger charge is 2.45. The topological polar surface area (TPSA) is 101 Å². The Morgan fingerprint density at radius 2 is 1.20 bits per heavy atom. The first-order valence-electron chi connectivity index (χ1n) is 21.5. The number of aliphatic hydroxyl groups excluding tert-OH is 1. The minimum atomic E-state index is -4.40. The first-order valence-corrected chi connectivity index (χ1v) is 21.5. The van der Waals surface area contributed by atoms with Crippen LogP contribution >= 0.6 is 0 Å². The normalized spacial score (nSPS) is 21.3. The molecule has 66 heavy (non-hydrogen) atoms. The third-order valence-electron chi connectivity index (χ3n) is 12.7. The van der Waals surface area contributed by atoms with Crippen LogP contribution < -0.4 is 5.32 Å². The number of halogens is 6. The fourth-order valence-electron chi connectivity index (χ4n) is 9.30. The Morgan fingerprint density at radius 3 is 1.70 bits per heavy atom. The molecule has 0 bridgehead atoms. The van der Waals surface area contributed by atoms with E-state index in [1.165, 1.54) is 17.7 Å². The van der Waals surface area contributed by atoms with E-state index in [1.54, 1.807) is 55.8 Å². The van der Waals surface area contributed by atoms with Gasteiger partial charge < -0.3 is 15.2 Å². The van der Waals surface area contributed by atoms with Crippen LogP contribution in [0.25, 0.3) is 34.4 Å². The summed E-state index contributed by atoms with van der Waals surface area (Å²) in [5, 5.41) is 12.8. The van der Waals surface area contributed by atoms with Crippen molar-refractivity contribution >= 4 is 24.0 Å². The Balaban J connectivity index is 0.000000180. The van der Waals surface area contributed by atoms with E-state index in [-0.39, 0.29) is 54.0 Å². The first-order chi connectivity index (χ1) is 31.7. The molecule has 2 aliphatic carbocycles. The maximum Gasteiger partial charge on any atom is 0.416 e. The number of benzene rings is 4. The van der Waals surface area contributed by atoms with Gasteiger partial charge in [0.15, 0.2) is 0 Å². The summed E-state index contributed by atoms with van der Waals surface area (Å²) in [5.74, 6) is -1.04. The quantitative estimate of drug-likeness (QED) is 0.117. The van der Waals surface area contributed by atoms with Crippen molar-refractivity contribution in [1.29, 1.82) is 0 Å². The monoisotopic (exact) mass is 901 g/mol. The van der Waals surface area contributed by atoms with Gasteiger partial charge in [-0.3, -0.25) is 19.6 Å². The fraction of sp³-hybridized carbons (Fsp3) is 0.245. The number of nitrogens with one attached hydrogen (secondary N) is 1. The standard InChI is InChI=1S/C27H25F3N2O2.C26H20F3NO2/c1-31-26(34)24-14-18-5-2-3-8-22(18)23(25(24)16-33)12-11-21-10-9-19(15-32-21)17-6-4-7-20(13-17)27(28,29)30;27-26(28,29)19-6-3-5-16(12-19)18-8-9-20(30-14-18)10-11-22-21-7-2-1-4-17(21)13-23-24(22)15-32-25(23)31/h2-13,15,23-25,33H,14,16H2,1H3,(H,31,34);1-12,14,22-24H,13,15H2/b;11-10+. The van der Waals surface area contributed by atoms with Crippen molar-refractivity contribution in [3.63, 3.8) is 0 Å². The molecule has 1 aliphatic heterocycles. The SMILES string of the molecule is CNC(=O)C1Cc2ccccc2C(C=Cc2ccc(-c3cccc(C(F)(F)F)c3)cn2)C1CO.O=C1OCC2C1Cc1ccccc1C2/C=C/c1ccc(-c2cccc(C(F)(F)F)c2)cn1. The number of aromatic nitrogens is 2. The van der Waals surface area contributed by atoms with Crippen molar-refractivity contribution in [1.82, 2.24) is 15.3 Å². The molecule has 7 nitrogen and oxygen atoms in total. The van der Waals surface area contributed by atoms with E-state index in [4.69, 9.17) is 4.74 Å². The number of allylic oxidation sites excluding steroid dienone is 2. The first kappa shape index (κ1) is 45.7. The molecular formula is C53H45F6N3O4. The number of fused-ring (bicyclic) bond motifs is 3. The number of amides is 1. The molecule has 4 aromatic carbocycles. The fourth-order valence-corrected chi connectivity index (χ4v) is 9.30. The molecule has 1 amide bonds. The maximum atomic E-state index is 13.0.